The van der Waals surface area contributed by atoms with Gasteiger partial charge in [-0.05, 0) is 11.7 Å². The van der Waals surface area contributed by atoms with E-state index in [0.717, 1.165) is 11.7 Å². The highest BCUT2D eigenvalue weighted by Gasteiger charge is 2.06. The van der Waals surface area contributed by atoms with E-state index in [0.29, 0.717) is 5.84 Å². The highest BCUT2D eigenvalue weighted by atomic mass is 32.2. The van der Waals surface area contributed by atoms with Crippen LogP contribution < -0.4 is 5.73 Å². The summed E-state index contributed by atoms with van der Waals surface area (Å²) in [5.74, 6) is 3.51. The van der Waals surface area contributed by atoms with Gasteiger partial charge < -0.3 is 5.73 Å². The molecule has 0 rings (SSSR count). The summed E-state index contributed by atoms with van der Waals surface area (Å²) in [6.07, 6.45) is 1.24. The van der Waals surface area contributed by atoms with Crippen molar-refractivity contribution in [2.45, 2.75) is 27.2 Å². The van der Waals surface area contributed by atoms with Gasteiger partial charge in [0.25, 0.3) is 0 Å². The molecule has 3 N–H and O–H groups in total. The Hall–Kier alpha value is -0.180. The third-order valence-electron chi connectivity index (χ3n) is 2.00. The molecule has 0 aliphatic heterocycles. The van der Waals surface area contributed by atoms with Gasteiger partial charge in [0.05, 0.1) is 5.84 Å². The van der Waals surface area contributed by atoms with Crippen molar-refractivity contribution in [2.75, 3.05) is 11.5 Å². The average Bonchev–Trinajstić information content (AvgIpc) is 2.03. The van der Waals surface area contributed by atoms with Crippen LogP contribution in [0.2, 0.25) is 0 Å². The lowest BCUT2D eigenvalue weighted by molar-refractivity contribution is 0.636. The van der Waals surface area contributed by atoms with Gasteiger partial charge in [0.2, 0.25) is 0 Å². The highest BCUT2D eigenvalue weighted by Crippen LogP contribution is 2.14. The summed E-state index contributed by atoms with van der Waals surface area (Å²) in [5.41, 5.74) is 5.36. The smallest absolute Gasteiger partial charge is 0.0942 e. The fourth-order valence-electron chi connectivity index (χ4n) is 0.654. The van der Waals surface area contributed by atoms with E-state index in [1.807, 2.05) is 18.7 Å². The predicted molar refractivity (Wildman–Crippen MR) is 57.9 cm³/mol. The molecule has 2 nitrogen and oxygen atoms in total. The molecule has 2 atom stereocenters. The summed E-state index contributed by atoms with van der Waals surface area (Å²) in [7, 11) is 0. The van der Waals surface area contributed by atoms with Gasteiger partial charge in [-0.15, -0.1) is 0 Å². The first-order chi connectivity index (χ1) is 5.57. The van der Waals surface area contributed by atoms with Crippen molar-refractivity contribution in [1.82, 2.24) is 0 Å². The van der Waals surface area contributed by atoms with Crippen LogP contribution in [0.1, 0.15) is 27.2 Å². The number of nitrogens with two attached hydrogens (primary N) is 1. The van der Waals surface area contributed by atoms with E-state index < -0.39 is 0 Å². The maximum Gasteiger partial charge on any atom is 0.0942 e. The van der Waals surface area contributed by atoms with Crippen LogP contribution in [-0.4, -0.2) is 17.3 Å². The Morgan fingerprint density at radius 3 is 2.42 bits per heavy atom. The molecular weight excluding hydrogens is 168 g/mol. The Morgan fingerprint density at radius 2 is 2.00 bits per heavy atom. The van der Waals surface area contributed by atoms with E-state index >= 15 is 0 Å². The minimum absolute atomic E-state index is 0.235. The van der Waals surface area contributed by atoms with Crippen LogP contribution in [0.15, 0.2) is 0 Å². The van der Waals surface area contributed by atoms with E-state index in [2.05, 4.69) is 13.8 Å². The first-order valence-corrected chi connectivity index (χ1v) is 5.65. The van der Waals surface area contributed by atoms with E-state index in [4.69, 9.17) is 11.1 Å². The topological polar surface area (TPSA) is 49.9 Å². The van der Waals surface area contributed by atoms with Crippen molar-refractivity contribution < 1.29 is 0 Å². The fraction of sp³-hybridized carbons (Fsp3) is 0.889. The Kier molecular flexibility index (Phi) is 6.25. The van der Waals surface area contributed by atoms with Gasteiger partial charge in [0.15, 0.2) is 0 Å². The first kappa shape index (κ1) is 11.8. The van der Waals surface area contributed by atoms with Gasteiger partial charge in [0, 0.05) is 11.7 Å². The zero-order valence-electron chi connectivity index (χ0n) is 8.26. The average molecular weight is 188 g/mol. The summed E-state index contributed by atoms with van der Waals surface area (Å²) in [6, 6.07) is 0. The molecule has 12 heavy (non-hydrogen) atoms. The molecule has 0 aliphatic carbocycles. The maximum atomic E-state index is 7.20. The molecule has 0 aromatic rings. The Labute approximate surface area is 79.8 Å². The van der Waals surface area contributed by atoms with E-state index in [-0.39, 0.29) is 5.92 Å². The molecule has 2 unspecified atom stereocenters. The van der Waals surface area contributed by atoms with Gasteiger partial charge in [-0.25, -0.2) is 0 Å². The molecule has 72 valence electrons. The number of nitrogens with one attached hydrogen (secondary N) is 1. The zero-order valence-corrected chi connectivity index (χ0v) is 9.08. The van der Waals surface area contributed by atoms with Crippen LogP contribution in [0.4, 0.5) is 0 Å². The second-order valence-corrected chi connectivity index (χ2v) is 4.48. The highest BCUT2D eigenvalue weighted by molar-refractivity contribution is 7.99. The van der Waals surface area contributed by atoms with Gasteiger partial charge in [-0.2, -0.15) is 11.8 Å². The largest absolute Gasteiger partial charge is 0.387 e. The standard InChI is InChI=1S/C9H20N2S/c1-4-7(2)5-12-6-8(3)9(10)11/h7-8H,4-6H2,1-3H3,(H3,10,11). The van der Waals surface area contributed by atoms with Crippen LogP contribution in [-0.2, 0) is 0 Å². The lowest BCUT2D eigenvalue weighted by Crippen LogP contribution is -2.21. The fourth-order valence-corrected chi connectivity index (χ4v) is 1.96. The molecule has 0 bridgehead atoms. The normalized spacial score (nSPS) is 15.6. The summed E-state index contributed by atoms with van der Waals surface area (Å²) in [6.45, 7) is 6.47. The molecule has 0 aromatic carbocycles. The molecule has 0 heterocycles. The van der Waals surface area contributed by atoms with E-state index in [9.17, 15) is 0 Å². The second-order valence-electron chi connectivity index (χ2n) is 3.41. The number of thioether (sulfide) groups is 1. The van der Waals surface area contributed by atoms with Crippen molar-refractivity contribution in [3.05, 3.63) is 0 Å². The van der Waals surface area contributed by atoms with Crippen LogP contribution in [0.3, 0.4) is 0 Å². The van der Waals surface area contributed by atoms with Crippen LogP contribution >= 0.6 is 11.8 Å². The number of hydrogen-bond donors (Lipinski definition) is 2. The van der Waals surface area contributed by atoms with Crippen LogP contribution in [0.5, 0.6) is 0 Å². The van der Waals surface area contributed by atoms with Crippen molar-refractivity contribution in [3.63, 3.8) is 0 Å². The van der Waals surface area contributed by atoms with Crippen molar-refractivity contribution in [2.24, 2.45) is 17.6 Å². The van der Waals surface area contributed by atoms with Gasteiger partial charge in [-0.1, -0.05) is 27.2 Å². The quantitative estimate of drug-likeness (QED) is 0.496. The molecule has 0 spiro atoms. The van der Waals surface area contributed by atoms with E-state index in [1.165, 1.54) is 12.2 Å². The number of amidine groups is 1. The molecule has 0 aromatic heterocycles. The molecule has 0 fully saturated rings. The van der Waals surface area contributed by atoms with Crippen molar-refractivity contribution >= 4 is 17.6 Å². The second kappa shape index (κ2) is 6.35. The first-order valence-electron chi connectivity index (χ1n) is 4.49. The van der Waals surface area contributed by atoms with Gasteiger partial charge in [-0.3, -0.25) is 5.41 Å². The maximum absolute atomic E-state index is 7.20. The lowest BCUT2D eigenvalue weighted by atomic mass is 10.2. The summed E-state index contributed by atoms with van der Waals surface area (Å²) in [4.78, 5) is 0. The van der Waals surface area contributed by atoms with E-state index in [1.54, 1.807) is 0 Å². The Bertz CT molecular complexity index is 136. The zero-order chi connectivity index (χ0) is 9.56. The van der Waals surface area contributed by atoms with Crippen molar-refractivity contribution in [3.8, 4) is 0 Å². The van der Waals surface area contributed by atoms with Crippen LogP contribution in [0, 0.1) is 17.2 Å². The monoisotopic (exact) mass is 188 g/mol. The molecule has 0 radical (unpaired) electrons. The lowest BCUT2D eigenvalue weighted by Gasteiger charge is -2.11. The molecule has 0 amide bonds. The third kappa shape index (κ3) is 5.47. The minimum Gasteiger partial charge on any atom is -0.387 e. The molecule has 3 heteroatoms. The Balaban J connectivity index is 3.37. The molecular formula is C9H20N2S. The minimum atomic E-state index is 0.235. The van der Waals surface area contributed by atoms with Gasteiger partial charge >= 0.3 is 0 Å². The molecule has 0 saturated heterocycles. The van der Waals surface area contributed by atoms with Crippen LogP contribution in [0.25, 0.3) is 0 Å². The molecule has 0 aliphatic rings. The third-order valence-corrected chi connectivity index (χ3v) is 3.54. The summed E-state index contributed by atoms with van der Waals surface area (Å²) in [5, 5.41) is 7.20. The number of rotatable bonds is 6. The summed E-state index contributed by atoms with van der Waals surface area (Å²) < 4.78 is 0. The number of hydrogen-bond acceptors (Lipinski definition) is 2. The predicted octanol–water partition coefficient (Wildman–Crippen LogP) is 2.34. The molecule has 0 saturated carbocycles. The van der Waals surface area contributed by atoms with Crippen molar-refractivity contribution in [1.29, 1.82) is 5.41 Å². The SMILES string of the molecule is CCC(C)CSCC(C)C(=N)N. The van der Waals surface area contributed by atoms with Gasteiger partial charge in [0.1, 0.15) is 0 Å². The summed E-state index contributed by atoms with van der Waals surface area (Å²) >= 11 is 1.90. The Morgan fingerprint density at radius 1 is 1.42 bits per heavy atom.